The molecule has 1 unspecified atom stereocenters. The van der Waals surface area contributed by atoms with Crippen LogP contribution >= 0.6 is 0 Å². The summed E-state index contributed by atoms with van der Waals surface area (Å²) in [4.78, 5) is 32.5. The van der Waals surface area contributed by atoms with Gasteiger partial charge in [0, 0.05) is 52.5 Å². The fourth-order valence-electron chi connectivity index (χ4n) is 3.93. The number of carbonyl (C=O) groups excluding carboxylic acids is 1. The summed E-state index contributed by atoms with van der Waals surface area (Å²) in [6.45, 7) is 5.05. The van der Waals surface area contributed by atoms with E-state index in [0.29, 0.717) is 5.96 Å². The molecule has 1 aromatic rings. The van der Waals surface area contributed by atoms with Crippen LogP contribution in [0.2, 0.25) is 0 Å². The standard InChI is InChI=1S/C19H26N6O2/c1-23-8-4-5-14-17(23)21-19(22-18(14)26)25-11-9-24(10-12-25)13-15-16(27-2)6-3-7-20-15/h3,6-7,14H,4-5,8-13H2,1-2H3. The fraction of sp³-hybridized carbons (Fsp3) is 0.579. The minimum Gasteiger partial charge on any atom is -0.495 e. The zero-order chi connectivity index (χ0) is 18.8. The van der Waals surface area contributed by atoms with Gasteiger partial charge in [-0.15, -0.1) is 0 Å². The van der Waals surface area contributed by atoms with Crippen LogP contribution in [0.1, 0.15) is 18.5 Å². The molecule has 1 aromatic heterocycles. The van der Waals surface area contributed by atoms with Gasteiger partial charge in [-0.2, -0.15) is 9.98 Å². The van der Waals surface area contributed by atoms with E-state index in [1.54, 1.807) is 13.3 Å². The maximum atomic E-state index is 12.4. The topological polar surface area (TPSA) is 73.6 Å². The molecule has 0 aromatic carbocycles. The molecular weight excluding hydrogens is 344 g/mol. The first-order chi connectivity index (χ1) is 13.2. The number of amides is 1. The molecule has 2 fully saturated rings. The van der Waals surface area contributed by atoms with Crippen LogP contribution in [0.5, 0.6) is 5.75 Å². The zero-order valence-corrected chi connectivity index (χ0v) is 16.0. The number of piperidine rings is 1. The van der Waals surface area contributed by atoms with Gasteiger partial charge in [0.25, 0.3) is 5.91 Å². The van der Waals surface area contributed by atoms with Crippen LogP contribution in [0.4, 0.5) is 0 Å². The Bertz CT molecular complexity index is 769. The minimum atomic E-state index is -0.148. The van der Waals surface area contributed by atoms with Crippen LogP contribution in [0.3, 0.4) is 0 Å². The van der Waals surface area contributed by atoms with Crippen molar-refractivity contribution in [1.29, 1.82) is 0 Å². The van der Waals surface area contributed by atoms with E-state index in [1.165, 1.54) is 0 Å². The van der Waals surface area contributed by atoms with Gasteiger partial charge < -0.3 is 14.5 Å². The average Bonchev–Trinajstić information content (AvgIpc) is 2.70. The lowest BCUT2D eigenvalue weighted by molar-refractivity contribution is -0.120. The zero-order valence-electron chi connectivity index (χ0n) is 16.0. The Balaban J connectivity index is 1.40. The van der Waals surface area contributed by atoms with Crippen molar-refractivity contribution in [3.8, 4) is 5.75 Å². The maximum Gasteiger partial charge on any atom is 0.259 e. The largest absolute Gasteiger partial charge is 0.495 e. The number of likely N-dealkylation sites (tertiary alicyclic amines) is 1. The first kappa shape index (κ1) is 17.9. The van der Waals surface area contributed by atoms with Gasteiger partial charge in [0.1, 0.15) is 11.6 Å². The number of piperazine rings is 1. The molecule has 0 radical (unpaired) electrons. The lowest BCUT2D eigenvalue weighted by Gasteiger charge is -2.38. The van der Waals surface area contributed by atoms with Gasteiger partial charge in [-0.3, -0.25) is 14.7 Å². The van der Waals surface area contributed by atoms with Gasteiger partial charge in [0.15, 0.2) is 0 Å². The molecule has 0 N–H and O–H groups in total. The quantitative estimate of drug-likeness (QED) is 0.785. The number of rotatable bonds is 3. The van der Waals surface area contributed by atoms with Crippen molar-refractivity contribution in [3.63, 3.8) is 0 Å². The monoisotopic (exact) mass is 370 g/mol. The minimum absolute atomic E-state index is 0.0396. The second-order valence-electron chi connectivity index (χ2n) is 7.25. The molecule has 8 heteroatoms. The summed E-state index contributed by atoms with van der Waals surface area (Å²) < 4.78 is 5.40. The van der Waals surface area contributed by atoms with Gasteiger partial charge in [0.2, 0.25) is 5.96 Å². The number of pyridine rings is 1. The van der Waals surface area contributed by atoms with Crippen LogP contribution in [-0.2, 0) is 11.3 Å². The third-order valence-corrected chi connectivity index (χ3v) is 5.51. The Morgan fingerprint density at radius 2 is 2.00 bits per heavy atom. The van der Waals surface area contributed by atoms with E-state index in [2.05, 4.69) is 24.7 Å². The summed E-state index contributed by atoms with van der Waals surface area (Å²) in [5.74, 6) is 2.10. The summed E-state index contributed by atoms with van der Waals surface area (Å²) >= 11 is 0. The summed E-state index contributed by atoms with van der Waals surface area (Å²) in [6.07, 6.45) is 3.68. The van der Waals surface area contributed by atoms with E-state index in [9.17, 15) is 4.79 Å². The van der Waals surface area contributed by atoms with Crippen molar-refractivity contribution in [2.45, 2.75) is 19.4 Å². The summed E-state index contributed by atoms with van der Waals surface area (Å²) in [5, 5.41) is 0. The Hall–Kier alpha value is -2.48. The molecular formula is C19H26N6O2. The van der Waals surface area contributed by atoms with Gasteiger partial charge in [-0.1, -0.05) is 0 Å². The number of ether oxygens (including phenoxy) is 1. The lowest BCUT2D eigenvalue weighted by atomic mass is 9.95. The van der Waals surface area contributed by atoms with Crippen molar-refractivity contribution >= 4 is 17.7 Å². The number of methoxy groups -OCH3 is 1. The van der Waals surface area contributed by atoms with Gasteiger partial charge in [0.05, 0.1) is 18.7 Å². The number of nitrogens with zero attached hydrogens (tertiary/aromatic N) is 6. The third-order valence-electron chi connectivity index (χ3n) is 5.51. The SMILES string of the molecule is COc1cccnc1CN1CCN(C2=NC(=O)C3CCCN(C)C3=N2)CC1. The number of carbonyl (C=O) groups is 1. The highest BCUT2D eigenvalue weighted by molar-refractivity contribution is 6.14. The molecule has 2 saturated heterocycles. The average molecular weight is 370 g/mol. The Morgan fingerprint density at radius 3 is 2.78 bits per heavy atom. The van der Waals surface area contributed by atoms with E-state index in [-0.39, 0.29) is 11.8 Å². The molecule has 8 nitrogen and oxygen atoms in total. The first-order valence-corrected chi connectivity index (χ1v) is 9.53. The number of hydrogen-bond donors (Lipinski definition) is 0. The first-order valence-electron chi connectivity index (χ1n) is 9.53. The number of fused-ring (bicyclic) bond motifs is 1. The number of aliphatic imine (C=N–C) groups is 2. The normalized spacial score (nSPS) is 23.6. The molecule has 0 bridgehead atoms. The van der Waals surface area contributed by atoms with Gasteiger partial charge >= 0.3 is 0 Å². The molecule has 0 saturated carbocycles. The summed E-state index contributed by atoms with van der Waals surface area (Å²) in [5.41, 5.74) is 0.950. The van der Waals surface area contributed by atoms with Gasteiger partial charge in [-0.25, -0.2) is 0 Å². The van der Waals surface area contributed by atoms with E-state index >= 15 is 0 Å². The molecule has 4 rings (SSSR count). The smallest absolute Gasteiger partial charge is 0.259 e. The number of guanidine groups is 1. The highest BCUT2D eigenvalue weighted by Gasteiger charge is 2.35. The second-order valence-corrected chi connectivity index (χ2v) is 7.25. The number of hydrogen-bond acceptors (Lipinski definition) is 7. The molecule has 1 amide bonds. The van der Waals surface area contributed by atoms with Crippen molar-refractivity contribution < 1.29 is 9.53 Å². The third kappa shape index (κ3) is 3.66. The van der Waals surface area contributed by atoms with Crippen molar-refractivity contribution in [2.75, 3.05) is 46.9 Å². The van der Waals surface area contributed by atoms with E-state index in [4.69, 9.17) is 9.73 Å². The van der Waals surface area contributed by atoms with E-state index < -0.39 is 0 Å². The molecule has 3 aliphatic heterocycles. The lowest BCUT2D eigenvalue weighted by Crippen LogP contribution is -2.51. The van der Waals surface area contributed by atoms with Crippen LogP contribution in [0, 0.1) is 5.92 Å². The van der Waals surface area contributed by atoms with Crippen molar-refractivity contribution in [1.82, 2.24) is 19.7 Å². The van der Waals surface area contributed by atoms with Crippen LogP contribution in [0.25, 0.3) is 0 Å². The van der Waals surface area contributed by atoms with Crippen LogP contribution in [-0.4, -0.2) is 84.3 Å². The predicted octanol–water partition coefficient (Wildman–Crippen LogP) is 0.844. The Kier molecular flexibility index (Phi) is 5.07. The number of aromatic nitrogens is 1. The fourth-order valence-corrected chi connectivity index (χ4v) is 3.93. The molecule has 0 spiro atoms. The number of amidine groups is 1. The Labute approximate surface area is 159 Å². The summed E-state index contributed by atoms with van der Waals surface area (Å²) in [6, 6.07) is 3.82. The van der Waals surface area contributed by atoms with Crippen molar-refractivity contribution in [3.05, 3.63) is 24.0 Å². The summed E-state index contributed by atoms with van der Waals surface area (Å²) in [7, 11) is 3.69. The second kappa shape index (κ2) is 7.64. The predicted molar refractivity (Wildman–Crippen MR) is 103 cm³/mol. The highest BCUT2D eigenvalue weighted by atomic mass is 16.5. The molecule has 27 heavy (non-hydrogen) atoms. The molecule has 144 valence electrons. The maximum absolute atomic E-state index is 12.4. The Morgan fingerprint density at radius 1 is 1.19 bits per heavy atom. The van der Waals surface area contributed by atoms with Gasteiger partial charge in [-0.05, 0) is 25.0 Å². The van der Waals surface area contributed by atoms with Crippen molar-refractivity contribution in [2.24, 2.45) is 15.9 Å². The molecule has 0 aliphatic carbocycles. The van der Waals surface area contributed by atoms with Crippen LogP contribution < -0.4 is 4.74 Å². The molecule has 1 atom stereocenters. The van der Waals surface area contributed by atoms with Crippen LogP contribution in [0.15, 0.2) is 28.3 Å². The highest BCUT2D eigenvalue weighted by Crippen LogP contribution is 2.24. The van der Waals surface area contributed by atoms with E-state index in [1.807, 2.05) is 19.2 Å². The van der Waals surface area contributed by atoms with E-state index in [0.717, 1.165) is 69.4 Å². The molecule has 3 aliphatic rings. The molecule has 4 heterocycles.